The van der Waals surface area contributed by atoms with E-state index >= 15 is 0 Å². The lowest BCUT2D eigenvalue weighted by molar-refractivity contribution is 0.106. The van der Waals surface area contributed by atoms with Gasteiger partial charge in [0, 0.05) is 31.7 Å². The van der Waals surface area contributed by atoms with Gasteiger partial charge in [-0.2, -0.15) is 0 Å². The van der Waals surface area contributed by atoms with E-state index < -0.39 is 15.8 Å². The lowest BCUT2D eigenvalue weighted by atomic mass is 9.89. The average Bonchev–Trinajstić information content (AvgIpc) is 3.35. The van der Waals surface area contributed by atoms with Crippen LogP contribution in [0.2, 0.25) is 0 Å². The third-order valence-electron chi connectivity index (χ3n) is 6.75. The minimum absolute atomic E-state index is 0.0132. The number of benzene rings is 2. The van der Waals surface area contributed by atoms with E-state index in [1.807, 2.05) is 12.1 Å². The Kier molecular flexibility index (Phi) is 6.42. The predicted molar refractivity (Wildman–Crippen MR) is 127 cm³/mol. The summed E-state index contributed by atoms with van der Waals surface area (Å²) in [6.45, 7) is 2.21. The highest BCUT2D eigenvalue weighted by Crippen LogP contribution is 2.42. The molecule has 9 heteroatoms. The van der Waals surface area contributed by atoms with E-state index in [4.69, 9.17) is 4.74 Å². The summed E-state index contributed by atoms with van der Waals surface area (Å²) in [4.78, 5) is 6.36. The molecule has 2 aromatic carbocycles. The second-order valence-electron chi connectivity index (χ2n) is 9.06. The molecule has 3 aromatic rings. The van der Waals surface area contributed by atoms with Crippen LogP contribution in [0.5, 0.6) is 5.75 Å². The number of imidazole rings is 1. The molecule has 0 amide bonds. The highest BCUT2D eigenvalue weighted by Gasteiger charge is 2.39. The minimum atomic E-state index is -3.73. The predicted octanol–water partition coefficient (Wildman–Crippen LogP) is 2.87. The molecule has 0 bridgehead atoms. The van der Waals surface area contributed by atoms with Crippen LogP contribution in [0.3, 0.4) is 0 Å². The van der Waals surface area contributed by atoms with E-state index in [0.29, 0.717) is 6.04 Å². The Morgan fingerprint density at radius 1 is 1.21 bits per heavy atom. The summed E-state index contributed by atoms with van der Waals surface area (Å²) >= 11 is 0. The Hall–Kier alpha value is -2.75. The van der Waals surface area contributed by atoms with Crippen molar-refractivity contribution < 1.29 is 17.5 Å². The summed E-state index contributed by atoms with van der Waals surface area (Å²) in [5.74, 6) is 0.0236. The molecule has 2 heterocycles. The Labute approximate surface area is 199 Å². The molecule has 34 heavy (non-hydrogen) atoms. The molecular weight excluding hydrogens is 455 g/mol. The highest BCUT2D eigenvalue weighted by molar-refractivity contribution is 7.89. The highest BCUT2D eigenvalue weighted by atomic mass is 32.2. The first-order valence-corrected chi connectivity index (χ1v) is 13.1. The summed E-state index contributed by atoms with van der Waals surface area (Å²) in [6.07, 6.45) is 5.79. The monoisotopic (exact) mass is 484 g/mol. The van der Waals surface area contributed by atoms with Gasteiger partial charge in [-0.3, -0.25) is 4.90 Å². The third-order valence-corrected chi connectivity index (χ3v) is 8.10. The fourth-order valence-electron chi connectivity index (χ4n) is 4.93. The SMILES string of the molecule is Cn1cnc(S(=O)(=O)NCCOc2cc3c(cc2F)C[C@H](N2CCC2)[C@@H]3Cc2ccccc2)c1. The van der Waals surface area contributed by atoms with Gasteiger partial charge in [-0.05, 0) is 61.2 Å². The molecular formula is C25H29FN4O3S. The molecule has 0 unspecified atom stereocenters. The van der Waals surface area contributed by atoms with Crippen LogP contribution in [0.4, 0.5) is 4.39 Å². The van der Waals surface area contributed by atoms with Crippen molar-refractivity contribution in [2.24, 2.45) is 7.05 Å². The lowest BCUT2D eigenvalue weighted by Crippen LogP contribution is -2.47. The minimum Gasteiger partial charge on any atom is -0.489 e. The first kappa shape index (κ1) is 23.0. The molecule has 1 aliphatic carbocycles. The summed E-state index contributed by atoms with van der Waals surface area (Å²) < 4.78 is 49.2. The number of halogens is 1. The fraction of sp³-hybridized carbons (Fsp3) is 0.400. The van der Waals surface area contributed by atoms with Crippen molar-refractivity contribution in [3.05, 3.63) is 77.5 Å². The molecule has 1 fully saturated rings. The molecule has 1 saturated heterocycles. The smallest absolute Gasteiger partial charge is 0.259 e. The van der Waals surface area contributed by atoms with Crippen molar-refractivity contribution in [1.29, 1.82) is 0 Å². The molecule has 0 radical (unpaired) electrons. The fourth-order valence-corrected chi connectivity index (χ4v) is 5.92. The number of nitrogens with one attached hydrogen (secondary N) is 1. The van der Waals surface area contributed by atoms with Gasteiger partial charge in [0.15, 0.2) is 16.6 Å². The molecule has 1 aliphatic heterocycles. The van der Waals surface area contributed by atoms with Crippen molar-refractivity contribution in [3.63, 3.8) is 0 Å². The van der Waals surface area contributed by atoms with Crippen LogP contribution in [-0.4, -0.2) is 55.2 Å². The third kappa shape index (κ3) is 4.73. The second kappa shape index (κ2) is 9.48. The van der Waals surface area contributed by atoms with Crippen LogP contribution in [0.25, 0.3) is 0 Å². The Balaban J connectivity index is 1.29. The molecule has 0 saturated carbocycles. The second-order valence-corrected chi connectivity index (χ2v) is 10.8. The van der Waals surface area contributed by atoms with E-state index in [1.165, 1.54) is 24.5 Å². The Morgan fingerprint density at radius 2 is 2.00 bits per heavy atom. The maximum atomic E-state index is 14.9. The number of sulfonamides is 1. The van der Waals surface area contributed by atoms with Crippen molar-refractivity contribution >= 4 is 10.0 Å². The first-order valence-electron chi connectivity index (χ1n) is 11.6. The van der Waals surface area contributed by atoms with E-state index in [2.05, 4.69) is 38.9 Å². The van der Waals surface area contributed by atoms with Crippen LogP contribution >= 0.6 is 0 Å². The number of aryl methyl sites for hydroxylation is 1. The first-order chi connectivity index (χ1) is 16.4. The number of likely N-dealkylation sites (tertiary alicyclic amines) is 1. The van der Waals surface area contributed by atoms with Gasteiger partial charge in [0.25, 0.3) is 10.0 Å². The summed E-state index contributed by atoms with van der Waals surface area (Å²) in [7, 11) is -2.03. The summed E-state index contributed by atoms with van der Waals surface area (Å²) in [5.41, 5.74) is 3.44. The molecule has 1 aromatic heterocycles. The van der Waals surface area contributed by atoms with Gasteiger partial charge >= 0.3 is 0 Å². The number of hydrogen-bond acceptors (Lipinski definition) is 5. The van der Waals surface area contributed by atoms with Crippen LogP contribution in [0.1, 0.15) is 29.0 Å². The largest absolute Gasteiger partial charge is 0.489 e. The van der Waals surface area contributed by atoms with E-state index in [9.17, 15) is 12.8 Å². The number of hydrogen-bond donors (Lipinski definition) is 1. The van der Waals surface area contributed by atoms with Gasteiger partial charge in [0.05, 0.1) is 6.33 Å². The molecule has 2 atom stereocenters. The van der Waals surface area contributed by atoms with Gasteiger partial charge < -0.3 is 9.30 Å². The average molecular weight is 485 g/mol. The Bertz CT molecular complexity index is 1260. The van der Waals surface area contributed by atoms with Gasteiger partial charge in [0.1, 0.15) is 6.61 Å². The van der Waals surface area contributed by atoms with Gasteiger partial charge in [-0.25, -0.2) is 22.5 Å². The number of fused-ring (bicyclic) bond motifs is 1. The van der Waals surface area contributed by atoms with E-state index in [-0.39, 0.29) is 29.8 Å². The normalized spacial score (nSPS) is 20.2. The lowest BCUT2D eigenvalue weighted by Gasteiger charge is -2.39. The van der Waals surface area contributed by atoms with Crippen molar-refractivity contribution in [2.45, 2.75) is 36.2 Å². The van der Waals surface area contributed by atoms with E-state index in [1.54, 1.807) is 17.7 Å². The zero-order valence-corrected chi connectivity index (χ0v) is 20.0. The standard InChI is InChI=1S/C25H29FN4O3S/c1-29-16-25(27-17-29)34(31,32)28-8-11-33-24-15-20-19(13-22(24)26)14-23(30-9-5-10-30)21(20)12-18-6-3-2-4-7-18/h2-4,6-7,13,15-17,21,23,28H,5,8-12,14H2,1H3/t21-,23+/m1/s1. The van der Waals surface area contributed by atoms with Crippen LogP contribution in [0, 0.1) is 5.82 Å². The van der Waals surface area contributed by atoms with Crippen molar-refractivity contribution in [2.75, 3.05) is 26.2 Å². The Morgan fingerprint density at radius 3 is 2.68 bits per heavy atom. The topological polar surface area (TPSA) is 76.5 Å². The zero-order chi connectivity index (χ0) is 23.7. The number of aromatic nitrogens is 2. The summed E-state index contributed by atoms with van der Waals surface area (Å²) in [6, 6.07) is 14.2. The van der Waals surface area contributed by atoms with Crippen LogP contribution in [0.15, 0.2) is 60.0 Å². The van der Waals surface area contributed by atoms with Gasteiger partial charge in [0.2, 0.25) is 0 Å². The number of nitrogens with zero attached hydrogens (tertiary/aromatic N) is 3. The molecule has 180 valence electrons. The van der Waals surface area contributed by atoms with Crippen molar-refractivity contribution in [1.82, 2.24) is 19.2 Å². The molecule has 0 spiro atoms. The molecule has 7 nitrogen and oxygen atoms in total. The molecule has 5 rings (SSSR count). The van der Waals surface area contributed by atoms with Crippen LogP contribution in [-0.2, 0) is 29.9 Å². The number of rotatable bonds is 9. The maximum Gasteiger partial charge on any atom is 0.259 e. The maximum absolute atomic E-state index is 14.9. The molecule has 1 N–H and O–H groups in total. The van der Waals surface area contributed by atoms with Crippen molar-refractivity contribution in [3.8, 4) is 5.75 Å². The van der Waals surface area contributed by atoms with E-state index in [0.717, 1.165) is 37.1 Å². The summed E-state index contributed by atoms with van der Waals surface area (Å²) in [5, 5.41) is -0.0560. The van der Waals surface area contributed by atoms with Gasteiger partial charge in [-0.1, -0.05) is 30.3 Å². The quantitative estimate of drug-likeness (QED) is 0.473. The number of ether oxygens (including phenoxy) is 1. The zero-order valence-electron chi connectivity index (χ0n) is 19.2. The molecule has 2 aliphatic rings. The van der Waals surface area contributed by atoms with Crippen LogP contribution < -0.4 is 9.46 Å². The van der Waals surface area contributed by atoms with Gasteiger partial charge in [-0.15, -0.1) is 0 Å².